The molecule has 0 unspecified atom stereocenters. The highest BCUT2D eigenvalue weighted by atomic mass is 16.3. The third-order valence-corrected chi connectivity index (χ3v) is 4.08. The van der Waals surface area contributed by atoms with Crippen LogP contribution in [0.1, 0.15) is 21.9 Å². The number of H-pyrrole nitrogens is 1. The predicted octanol–water partition coefficient (Wildman–Crippen LogP) is 4.19. The fraction of sp³-hybridized carbons (Fsp3) is 0.100. The van der Waals surface area contributed by atoms with Crippen molar-refractivity contribution in [2.75, 3.05) is 5.32 Å². The predicted molar refractivity (Wildman–Crippen MR) is 96.6 cm³/mol. The second kappa shape index (κ2) is 6.65. The van der Waals surface area contributed by atoms with E-state index in [1.54, 1.807) is 12.1 Å². The SMILES string of the molecule is O=C(Nc1ccccc1CCc1nc2ccccc2[nH]1)c1ccco1. The van der Waals surface area contributed by atoms with E-state index < -0.39 is 0 Å². The maximum Gasteiger partial charge on any atom is 0.291 e. The number of hydrogen-bond donors (Lipinski definition) is 2. The smallest absolute Gasteiger partial charge is 0.291 e. The second-order valence-corrected chi connectivity index (χ2v) is 5.79. The minimum Gasteiger partial charge on any atom is -0.459 e. The van der Waals surface area contributed by atoms with Gasteiger partial charge in [0.2, 0.25) is 0 Å². The molecule has 2 aromatic carbocycles. The zero-order valence-electron chi connectivity index (χ0n) is 13.5. The number of hydrogen-bond acceptors (Lipinski definition) is 3. The van der Waals surface area contributed by atoms with Crippen molar-refractivity contribution >= 4 is 22.6 Å². The van der Waals surface area contributed by atoms with Gasteiger partial charge in [0.1, 0.15) is 5.82 Å². The van der Waals surface area contributed by atoms with E-state index in [-0.39, 0.29) is 5.91 Å². The fourth-order valence-corrected chi connectivity index (χ4v) is 2.83. The molecule has 1 amide bonds. The summed E-state index contributed by atoms with van der Waals surface area (Å²) in [5.41, 5.74) is 3.86. The van der Waals surface area contributed by atoms with Gasteiger partial charge in [-0.3, -0.25) is 4.79 Å². The third-order valence-electron chi connectivity index (χ3n) is 4.08. The molecule has 0 fully saturated rings. The fourth-order valence-electron chi connectivity index (χ4n) is 2.83. The second-order valence-electron chi connectivity index (χ2n) is 5.79. The molecule has 2 N–H and O–H groups in total. The summed E-state index contributed by atoms with van der Waals surface area (Å²) in [5.74, 6) is 0.988. The molecule has 2 aromatic heterocycles. The number of para-hydroxylation sites is 3. The molecular formula is C20H17N3O2. The zero-order valence-corrected chi connectivity index (χ0v) is 13.5. The number of aromatic nitrogens is 2. The molecule has 4 rings (SSSR count). The number of carbonyl (C=O) groups is 1. The summed E-state index contributed by atoms with van der Waals surface area (Å²) in [7, 11) is 0. The lowest BCUT2D eigenvalue weighted by Gasteiger charge is -2.09. The van der Waals surface area contributed by atoms with Crippen LogP contribution in [-0.2, 0) is 12.8 Å². The van der Waals surface area contributed by atoms with Crippen molar-refractivity contribution in [1.29, 1.82) is 0 Å². The first-order chi connectivity index (χ1) is 12.3. The molecule has 5 nitrogen and oxygen atoms in total. The minimum atomic E-state index is -0.249. The number of amides is 1. The van der Waals surface area contributed by atoms with E-state index in [1.165, 1.54) is 6.26 Å². The quantitative estimate of drug-likeness (QED) is 0.576. The summed E-state index contributed by atoms with van der Waals surface area (Å²) in [5, 5.41) is 2.91. The summed E-state index contributed by atoms with van der Waals surface area (Å²) in [6, 6.07) is 19.1. The molecule has 0 saturated carbocycles. The van der Waals surface area contributed by atoms with Gasteiger partial charge in [0, 0.05) is 12.1 Å². The van der Waals surface area contributed by atoms with Crippen molar-refractivity contribution in [3.05, 3.63) is 84.1 Å². The van der Waals surface area contributed by atoms with Crippen molar-refractivity contribution in [3.8, 4) is 0 Å². The van der Waals surface area contributed by atoms with E-state index in [0.29, 0.717) is 5.76 Å². The van der Waals surface area contributed by atoms with Gasteiger partial charge >= 0.3 is 0 Å². The Kier molecular flexibility index (Phi) is 4.04. The van der Waals surface area contributed by atoms with Crippen molar-refractivity contribution in [2.24, 2.45) is 0 Å². The van der Waals surface area contributed by atoms with Gasteiger partial charge in [0.25, 0.3) is 5.91 Å². The Morgan fingerprint density at radius 2 is 1.84 bits per heavy atom. The molecule has 124 valence electrons. The summed E-state index contributed by atoms with van der Waals surface area (Å²) >= 11 is 0. The van der Waals surface area contributed by atoms with Crippen LogP contribution < -0.4 is 5.32 Å². The Hall–Kier alpha value is -3.34. The van der Waals surface area contributed by atoms with Gasteiger partial charge in [-0.05, 0) is 42.3 Å². The Balaban J connectivity index is 1.49. The van der Waals surface area contributed by atoms with Gasteiger partial charge in [-0.1, -0.05) is 30.3 Å². The lowest BCUT2D eigenvalue weighted by Crippen LogP contribution is -2.12. The highest BCUT2D eigenvalue weighted by molar-refractivity contribution is 6.02. The van der Waals surface area contributed by atoms with Crippen molar-refractivity contribution in [2.45, 2.75) is 12.8 Å². The maximum absolute atomic E-state index is 12.2. The Bertz CT molecular complexity index is 970. The maximum atomic E-state index is 12.2. The van der Waals surface area contributed by atoms with E-state index in [2.05, 4.69) is 15.3 Å². The summed E-state index contributed by atoms with van der Waals surface area (Å²) in [4.78, 5) is 20.1. The van der Waals surface area contributed by atoms with Crippen molar-refractivity contribution in [3.63, 3.8) is 0 Å². The van der Waals surface area contributed by atoms with Crippen LogP contribution in [0.3, 0.4) is 0 Å². The standard InChI is InChI=1S/C20H17N3O2/c24-20(18-10-5-13-25-18)23-15-7-2-1-6-14(15)11-12-19-21-16-8-3-4-9-17(16)22-19/h1-10,13H,11-12H2,(H,21,22)(H,23,24). The molecule has 0 radical (unpaired) electrons. The molecule has 2 heterocycles. The molecule has 25 heavy (non-hydrogen) atoms. The molecule has 0 aliphatic heterocycles. The minimum absolute atomic E-state index is 0.249. The molecular weight excluding hydrogens is 314 g/mol. The average Bonchev–Trinajstić information content (AvgIpc) is 3.30. The highest BCUT2D eigenvalue weighted by Crippen LogP contribution is 2.19. The number of nitrogens with zero attached hydrogens (tertiary/aromatic N) is 1. The lowest BCUT2D eigenvalue weighted by atomic mass is 10.1. The van der Waals surface area contributed by atoms with Crippen LogP contribution in [0.15, 0.2) is 71.3 Å². The molecule has 5 heteroatoms. The molecule has 0 bridgehead atoms. The van der Waals surface area contributed by atoms with E-state index in [4.69, 9.17) is 4.42 Å². The van der Waals surface area contributed by atoms with E-state index >= 15 is 0 Å². The molecule has 0 saturated heterocycles. The number of aromatic amines is 1. The van der Waals surface area contributed by atoms with E-state index in [9.17, 15) is 4.79 Å². The normalized spacial score (nSPS) is 10.9. The number of carbonyl (C=O) groups excluding carboxylic acids is 1. The van der Waals surface area contributed by atoms with Crippen LogP contribution in [0.25, 0.3) is 11.0 Å². The van der Waals surface area contributed by atoms with Crippen LogP contribution in [0.4, 0.5) is 5.69 Å². The van der Waals surface area contributed by atoms with Crippen LogP contribution in [0.2, 0.25) is 0 Å². The van der Waals surface area contributed by atoms with Crippen molar-refractivity contribution < 1.29 is 9.21 Å². The Morgan fingerprint density at radius 1 is 1.00 bits per heavy atom. The van der Waals surface area contributed by atoms with Gasteiger partial charge in [-0.2, -0.15) is 0 Å². The number of benzene rings is 2. The van der Waals surface area contributed by atoms with Gasteiger partial charge in [-0.15, -0.1) is 0 Å². The van der Waals surface area contributed by atoms with Gasteiger partial charge in [0.15, 0.2) is 5.76 Å². The van der Waals surface area contributed by atoms with Gasteiger partial charge in [0.05, 0.1) is 17.3 Å². The molecule has 0 aliphatic rings. The van der Waals surface area contributed by atoms with Gasteiger partial charge in [-0.25, -0.2) is 4.98 Å². The summed E-state index contributed by atoms with van der Waals surface area (Å²) < 4.78 is 5.14. The van der Waals surface area contributed by atoms with Crippen LogP contribution in [0.5, 0.6) is 0 Å². The number of imidazole rings is 1. The average molecular weight is 331 g/mol. The van der Waals surface area contributed by atoms with E-state index in [0.717, 1.165) is 41.0 Å². The summed E-state index contributed by atoms with van der Waals surface area (Å²) in [6.07, 6.45) is 3.03. The molecule has 0 aliphatic carbocycles. The summed E-state index contributed by atoms with van der Waals surface area (Å²) in [6.45, 7) is 0. The monoisotopic (exact) mass is 331 g/mol. The topological polar surface area (TPSA) is 70.9 Å². The first kappa shape index (κ1) is 15.2. The number of rotatable bonds is 5. The van der Waals surface area contributed by atoms with Crippen LogP contribution in [-0.4, -0.2) is 15.9 Å². The largest absolute Gasteiger partial charge is 0.459 e. The zero-order chi connectivity index (χ0) is 17.1. The molecule has 0 atom stereocenters. The number of anilines is 1. The number of aryl methyl sites for hydroxylation is 2. The lowest BCUT2D eigenvalue weighted by molar-refractivity contribution is 0.0996. The number of nitrogens with one attached hydrogen (secondary N) is 2. The highest BCUT2D eigenvalue weighted by Gasteiger charge is 2.11. The van der Waals surface area contributed by atoms with Crippen LogP contribution in [0, 0.1) is 0 Å². The van der Waals surface area contributed by atoms with E-state index in [1.807, 2.05) is 48.5 Å². The third kappa shape index (κ3) is 3.30. The first-order valence-electron chi connectivity index (χ1n) is 8.16. The Labute approximate surface area is 144 Å². The first-order valence-corrected chi connectivity index (χ1v) is 8.16. The van der Waals surface area contributed by atoms with Crippen LogP contribution >= 0.6 is 0 Å². The molecule has 4 aromatic rings. The van der Waals surface area contributed by atoms with Crippen molar-refractivity contribution in [1.82, 2.24) is 9.97 Å². The number of fused-ring (bicyclic) bond motifs is 1. The van der Waals surface area contributed by atoms with Gasteiger partial charge < -0.3 is 14.7 Å². The Morgan fingerprint density at radius 3 is 2.68 bits per heavy atom. The molecule has 0 spiro atoms. The number of furan rings is 1.